The maximum absolute atomic E-state index is 11.9. The SMILES string of the molecule is Cc1ccsc1C(=O)N(C)CCC(N)=S. The van der Waals surface area contributed by atoms with E-state index in [0.29, 0.717) is 18.0 Å². The quantitative estimate of drug-likeness (QED) is 0.819. The first-order chi connectivity index (χ1) is 7.02. The van der Waals surface area contributed by atoms with E-state index in [-0.39, 0.29) is 5.91 Å². The fraction of sp³-hybridized carbons (Fsp3) is 0.400. The summed E-state index contributed by atoms with van der Waals surface area (Å²) in [5, 5.41) is 1.92. The molecule has 1 rings (SSSR count). The van der Waals surface area contributed by atoms with Gasteiger partial charge >= 0.3 is 0 Å². The van der Waals surface area contributed by atoms with Gasteiger partial charge in [0.1, 0.15) is 0 Å². The van der Waals surface area contributed by atoms with Gasteiger partial charge in [0.15, 0.2) is 0 Å². The van der Waals surface area contributed by atoms with E-state index in [1.54, 1.807) is 11.9 Å². The summed E-state index contributed by atoms with van der Waals surface area (Å²) in [5.41, 5.74) is 6.41. The van der Waals surface area contributed by atoms with Crippen LogP contribution < -0.4 is 5.73 Å². The lowest BCUT2D eigenvalue weighted by Gasteiger charge is -2.16. The molecule has 0 aromatic carbocycles. The van der Waals surface area contributed by atoms with Crippen molar-refractivity contribution in [1.29, 1.82) is 0 Å². The Morgan fingerprint density at radius 3 is 2.80 bits per heavy atom. The van der Waals surface area contributed by atoms with Gasteiger partial charge in [0.2, 0.25) is 0 Å². The third kappa shape index (κ3) is 3.28. The molecule has 15 heavy (non-hydrogen) atoms. The fourth-order valence-corrected chi connectivity index (χ4v) is 2.15. The number of hydrogen-bond donors (Lipinski definition) is 1. The molecule has 0 aliphatic rings. The number of carbonyl (C=O) groups is 1. The van der Waals surface area contributed by atoms with Crippen LogP contribution in [0.2, 0.25) is 0 Å². The number of rotatable bonds is 4. The lowest BCUT2D eigenvalue weighted by Crippen LogP contribution is -2.29. The first-order valence-electron chi connectivity index (χ1n) is 4.60. The van der Waals surface area contributed by atoms with Gasteiger partial charge in [-0.3, -0.25) is 4.79 Å². The molecule has 0 saturated heterocycles. The van der Waals surface area contributed by atoms with Gasteiger partial charge in [0, 0.05) is 20.0 Å². The maximum Gasteiger partial charge on any atom is 0.263 e. The molecular formula is C10H14N2OS2. The number of thiophene rings is 1. The molecule has 0 atom stereocenters. The lowest BCUT2D eigenvalue weighted by atomic mass is 10.2. The summed E-state index contributed by atoms with van der Waals surface area (Å²) in [6, 6.07) is 1.94. The number of aryl methyl sites for hydroxylation is 1. The average Bonchev–Trinajstić information content (AvgIpc) is 2.59. The zero-order valence-electron chi connectivity index (χ0n) is 8.82. The highest BCUT2D eigenvalue weighted by molar-refractivity contribution is 7.80. The van der Waals surface area contributed by atoms with Gasteiger partial charge in [-0.1, -0.05) is 12.2 Å². The maximum atomic E-state index is 11.9. The Morgan fingerprint density at radius 2 is 2.33 bits per heavy atom. The van der Waals surface area contributed by atoms with Gasteiger partial charge in [-0.05, 0) is 23.9 Å². The van der Waals surface area contributed by atoms with Crippen LogP contribution in [0.15, 0.2) is 11.4 Å². The predicted molar refractivity (Wildman–Crippen MR) is 67.4 cm³/mol. The second-order valence-corrected chi connectivity index (χ2v) is 4.82. The van der Waals surface area contributed by atoms with Gasteiger partial charge in [-0.25, -0.2) is 0 Å². The molecule has 1 aromatic rings. The molecule has 1 amide bonds. The third-order valence-corrected chi connectivity index (χ3v) is 3.31. The molecule has 0 fully saturated rings. The minimum absolute atomic E-state index is 0.0405. The van der Waals surface area contributed by atoms with Crippen LogP contribution in [-0.2, 0) is 0 Å². The van der Waals surface area contributed by atoms with Gasteiger partial charge in [0.25, 0.3) is 5.91 Å². The monoisotopic (exact) mass is 242 g/mol. The molecule has 0 spiro atoms. The van der Waals surface area contributed by atoms with Crippen molar-refractivity contribution in [3.05, 3.63) is 21.9 Å². The van der Waals surface area contributed by atoms with Gasteiger partial charge in [0.05, 0.1) is 9.87 Å². The van der Waals surface area contributed by atoms with Crippen molar-refractivity contribution in [2.45, 2.75) is 13.3 Å². The molecular weight excluding hydrogens is 228 g/mol. The molecule has 1 aromatic heterocycles. The summed E-state index contributed by atoms with van der Waals surface area (Å²) < 4.78 is 0. The van der Waals surface area contributed by atoms with E-state index < -0.39 is 0 Å². The van der Waals surface area contributed by atoms with E-state index in [2.05, 4.69) is 0 Å². The molecule has 82 valence electrons. The largest absolute Gasteiger partial charge is 0.393 e. The van der Waals surface area contributed by atoms with E-state index in [9.17, 15) is 4.79 Å². The number of carbonyl (C=O) groups excluding carboxylic acids is 1. The van der Waals surface area contributed by atoms with Crippen LogP contribution in [-0.4, -0.2) is 29.4 Å². The highest BCUT2D eigenvalue weighted by Crippen LogP contribution is 2.17. The highest BCUT2D eigenvalue weighted by atomic mass is 32.1. The molecule has 1 heterocycles. The lowest BCUT2D eigenvalue weighted by molar-refractivity contribution is 0.0803. The molecule has 2 N–H and O–H groups in total. The molecule has 0 saturated carbocycles. The number of amides is 1. The Bertz CT molecular complexity index is 373. The average molecular weight is 242 g/mol. The van der Waals surface area contributed by atoms with Gasteiger partial charge in [-0.2, -0.15) is 0 Å². The van der Waals surface area contributed by atoms with Gasteiger partial charge < -0.3 is 10.6 Å². The Labute approximate surface area is 98.9 Å². The molecule has 0 aliphatic heterocycles. The molecule has 0 bridgehead atoms. The minimum atomic E-state index is 0.0405. The topological polar surface area (TPSA) is 46.3 Å². The van der Waals surface area contributed by atoms with Gasteiger partial charge in [-0.15, -0.1) is 11.3 Å². The van der Waals surface area contributed by atoms with Crippen molar-refractivity contribution in [2.24, 2.45) is 5.73 Å². The number of nitrogens with two attached hydrogens (primary N) is 1. The van der Waals surface area contributed by atoms with Crippen LogP contribution >= 0.6 is 23.6 Å². The highest BCUT2D eigenvalue weighted by Gasteiger charge is 2.14. The molecule has 0 radical (unpaired) electrons. The fourth-order valence-electron chi connectivity index (χ4n) is 1.14. The summed E-state index contributed by atoms with van der Waals surface area (Å²) in [6.07, 6.45) is 0.571. The van der Waals surface area contributed by atoms with Crippen molar-refractivity contribution in [1.82, 2.24) is 4.90 Å². The Balaban J connectivity index is 2.61. The van der Waals surface area contributed by atoms with Crippen molar-refractivity contribution < 1.29 is 4.79 Å². The molecule has 3 nitrogen and oxygen atoms in total. The molecule has 0 aliphatic carbocycles. The number of nitrogens with zero attached hydrogens (tertiary/aromatic N) is 1. The van der Waals surface area contributed by atoms with Crippen molar-refractivity contribution >= 4 is 34.5 Å². The van der Waals surface area contributed by atoms with E-state index >= 15 is 0 Å². The standard InChI is InChI=1S/C10H14N2OS2/c1-7-4-6-15-9(7)10(13)12(2)5-3-8(11)14/h4,6H,3,5H2,1-2H3,(H2,11,14). The van der Waals surface area contributed by atoms with Crippen molar-refractivity contribution in [3.8, 4) is 0 Å². The summed E-state index contributed by atoms with van der Waals surface area (Å²) in [5.74, 6) is 0.0405. The van der Waals surface area contributed by atoms with Crippen LogP contribution in [0.5, 0.6) is 0 Å². The zero-order valence-corrected chi connectivity index (χ0v) is 10.5. The second kappa shape index (κ2) is 5.23. The van der Waals surface area contributed by atoms with Crippen molar-refractivity contribution in [2.75, 3.05) is 13.6 Å². The van der Waals surface area contributed by atoms with Crippen LogP contribution in [0, 0.1) is 6.92 Å². The molecule has 5 heteroatoms. The Morgan fingerprint density at radius 1 is 1.67 bits per heavy atom. The minimum Gasteiger partial charge on any atom is -0.393 e. The first kappa shape index (κ1) is 12.1. The van der Waals surface area contributed by atoms with Crippen molar-refractivity contribution in [3.63, 3.8) is 0 Å². The van der Waals surface area contributed by atoms with E-state index in [1.165, 1.54) is 11.3 Å². The van der Waals surface area contributed by atoms with Crippen LogP contribution in [0.25, 0.3) is 0 Å². The summed E-state index contributed by atoms with van der Waals surface area (Å²) in [4.78, 5) is 14.8. The number of hydrogen-bond acceptors (Lipinski definition) is 3. The Hall–Kier alpha value is -0.940. The zero-order chi connectivity index (χ0) is 11.4. The molecule has 0 unspecified atom stereocenters. The van der Waals surface area contributed by atoms with Crippen LogP contribution in [0.1, 0.15) is 21.7 Å². The summed E-state index contributed by atoms with van der Waals surface area (Å²) in [7, 11) is 1.76. The van der Waals surface area contributed by atoms with Crippen LogP contribution in [0.3, 0.4) is 0 Å². The van der Waals surface area contributed by atoms with E-state index in [4.69, 9.17) is 18.0 Å². The van der Waals surface area contributed by atoms with E-state index in [0.717, 1.165) is 10.4 Å². The summed E-state index contributed by atoms with van der Waals surface area (Å²) >= 11 is 6.23. The normalized spacial score (nSPS) is 10.0. The third-order valence-electron chi connectivity index (χ3n) is 2.10. The number of thiocarbonyl (C=S) groups is 1. The first-order valence-corrected chi connectivity index (χ1v) is 5.89. The van der Waals surface area contributed by atoms with E-state index in [1.807, 2.05) is 18.4 Å². The Kier molecular flexibility index (Phi) is 4.23. The second-order valence-electron chi connectivity index (χ2n) is 3.38. The smallest absolute Gasteiger partial charge is 0.263 e. The van der Waals surface area contributed by atoms with Crippen LogP contribution in [0.4, 0.5) is 0 Å². The summed E-state index contributed by atoms with van der Waals surface area (Å²) in [6.45, 7) is 2.51. The predicted octanol–water partition coefficient (Wildman–Crippen LogP) is 1.80.